The molecule has 24 heavy (non-hydrogen) atoms. The van der Waals surface area contributed by atoms with E-state index in [2.05, 4.69) is 0 Å². The Morgan fingerprint density at radius 3 is 2.33 bits per heavy atom. The third-order valence-corrected chi connectivity index (χ3v) is 6.62. The highest BCUT2D eigenvalue weighted by molar-refractivity contribution is 7.89. The molecule has 1 fully saturated rings. The number of sulfonamides is 1. The third kappa shape index (κ3) is 3.66. The van der Waals surface area contributed by atoms with E-state index in [9.17, 15) is 17.6 Å². The number of rotatable bonds is 4. The lowest BCUT2D eigenvalue weighted by atomic mass is 10.2. The third-order valence-electron chi connectivity index (χ3n) is 3.98. The molecular formula is C16H17FN2O3S2. The molecule has 8 heteroatoms. The Balaban J connectivity index is 1.62. The monoisotopic (exact) mass is 368 g/mol. The van der Waals surface area contributed by atoms with E-state index in [0.29, 0.717) is 19.5 Å². The number of carbonyl (C=O) groups excluding carboxylic acids is 1. The van der Waals surface area contributed by atoms with Gasteiger partial charge < -0.3 is 4.90 Å². The summed E-state index contributed by atoms with van der Waals surface area (Å²) in [6, 6.07) is 6.70. The fourth-order valence-electron chi connectivity index (χ4n) is 2.61. The molecule has 1 aromatic carbocycles. The van der Waals surface area contributed by atoms with Crippen LogP contribution in [-0.4, -0.2) is 49.7 Å². The second-order valence-electron chi connectivity index (χ2n) is 5.55. The standard InChI is InChI=1S/C16H17FN2O3S2/c17-14-1-3-15(4-2-14)24(21,22)19-8-6-18(7-9-19)16(20)11-13-5-10-23-12-13/h1-5,10,12H,6-9,11H2. The highest BCUT2D eigenvalue weighted by atomic mass is 32.2. The van der Waals surface area contributed by atoms with Crippen molar-refractivity contribution in [2.45, 2.75) is 11.3 Å². The summed E-state index contributed by atoms with van der Waals surface area (Å²) in [6.07, 6.45) is 0.341. The molecule has 0 saturated carbocycles. The van der Waals surface area contributed by atoms with Crippen molar-refractivity contribution >= 4 is 27.3 Å². The van der Waals surface area contributed by atoms with E-state index in [1.165, 1.54) is 16.4 Å². The van der Waals surface area contributed by atoms with E-state index in [0.717, 1.165) is 17.7 Å². The smallest absolute Gasteiger partial charge is 0.243 e. The van der Waals surface area contributed by atoms with Crippen LogP contribution in [0.5, 0.6) is 0 Å². The van der Waals surface area contributed by atoms with Crippen LogP contribution in [0.3, 0.4) is 0 Å². The van der Waals surface area contributed by atoms with Gasteiger partial charge in [0, 0.05) is 26.2 Å². The molecule has 1 aromatic heterocycles. The van der Waals surface area contributed by atoms with Crippen LogP contribution in [0.1, 0.15) is 5.56 Å². The van der Waals surface area contributed by atoms with Crippen molar-refractivity contribution in [1.82, 2.24) is 9.21 Å². The maximum Gasteiger partial charge on any atom is 0.243 e. The van der Waals surface area contributed by atoms with Crippen LogP contribution >= 0.6 is 11.3 Å². The number of benzene rings is 1. The Hall–Kier alpha value is -1.77. The summed E-state index contributed by atoms with van der Waals surface area (Å²) in [6.45, 7) is 1.22. The predicted octanol–water partition coefficient (Wildman–Crippen LogP) is 1.96. The van der Waals surface area contributed by atoms with Crippen molar-refractivity contribution in [3.63, 3.8) is 0 Å². The molecule has 2 heterocycles. The lowest BCUT2D eigenvalue weighted by Gasteiger charge is -2.34. The molecule has 0 radical (unpaired) electrons. The lowest BCUT2D eigenvalue weighted by Crippen LogP contribution is -2.50. The van der Waals surface area contributed by atoms with Gasteiger partial charge in [-0.25, -0.2) is 12.8 Å². The molecule has 128 valence electrons. The highest BCUT2D eigenvalue weighted by Crippen LogP contribution is 2.18. The first-order valence-corrected chi connectivity index (χ1v) is 9.90. The number of thiophene rings is 1. The Kier molecular flexibility index (Phi) is 4.98. The zero-order chi connectivity index (χ0) is 17.2. The molecule has 1 saturated heterocycles. The second-order valence-corrected chi connectivity index (χ2v) is 8.27. The number of hydrogen-bond acceptors (Lipinski definition) is 4. The normalized spacial score (nSPS) is 16.3. The lowest BCUT2D eigenvalue weighted by molar-refractivity contribution is -0.131. The maximum absolute atomic E-state index is 13.0. The SMILES string of the molecule is O=C(Cc1ccsc1)N1CCN(S(=O)(=O)c2ccc(F)cc2)CC1. The van der Waals surface area contributed by atoms with Crippen LogP contribution in [0, 0.1) is 5.82 Å². The van der Waals surface area contributed by atoms with Crippen molar-refractivity contribution in [2.24, 2.45) is 0 Å². The van der Waals surface area contributed by atoms with Gasteiger partial charge in [-0.1, -0.05) is 0 Å². The summed E-state index contributed by atoms with van der Waals surface area (Å²) in [7, 11) is -3.65. The van der Waals surface area contributed by atoms with Crippen LogP contribution in [0.25, 0.3) is 0 Å². The molecule has 5 nitrogen and oxygen atoms in total. The number of piperazine rings is 1. The molecular weight excluding hydrogens is 351 g/mol. The van der Waals surface area contributed by atoms with Gasteiger partial charge in [-0.3, -0.25) is 4.79 Å². The van der Waals surface area contributed by atoms with E-state index in [4.69, 9.17) is 0 Å². The minimum absolute atomic E-state index is 0.00669. The fourth-order valence-corrected chi connectivity index (χ4v) is 4.70. The quantitative estimate of drug-likeness (QED) is 0.829. The molecule has 0 atom stereocenters. The zero-order valence-electron chi connectivity index (χ0n) is 12.9. The van der Waals surface area contributed by atoms with E-state index >= 15 is 0 Å². The number of amides is 1. The van der Waals surface area contributed by atoms with E-state index in [1.807, 2.05) is 16.8 Å². The van der Waals surface area contributed by atoms with E-state index in [-0.39, 0.29) is 23.9 Å². The van der Waals surface area contributed by atoms with E-state index < -0.39 is 15.8 Å². The number of halogens is 1. The van der Waals surface area contributed by atoms with Crippen molar-refractivity contribution in [1.29, 1.82) is 0 Å². The molecule has 2 aromatic rings. The second kappa shape index (κ2) is 7.00. The topological polar surface area (TPSA) is 57.7 Å². The molecule has 0 aliphatic carbocycles. The molecule has 0 spiro atoms. The van der Waals surface area contributed by atoms with Crippen molar-refractivity contribution < 1.29 is 17.6 Å². The Labute approximate surface area is 144 Å². The maximum atomic E-state index is 13.0. The van der Waals surface area contributed by atoms with Crippen LogP contribution in [0.4, 0.5) is 4.39 Å². The van der Waals surface area contributed by atoms with Gasteiger partial charge in [-0.2, -0.15) is 15.6 Å². The first kappa shape index (κ1) is 17.1. The first-order chi connectivity index (χ1) is 11.5. The van der Waals surface area contributed by atoms with Gasteiger partial charge in [-0.05, 0) is 46.7 Å². The van der Waals surface area contributed by atoms with Gasteiger partial charge in [0.15, 0.2) is 0 Å². The largest absolute Gasteiger partial charge is 0.340 e. The minimum atomic E-state index is -3.65. The summed E-state index contributed by atoms with van der Waals surface area (Å²) < 4.78 is 39.4. The Bertz CT molecular complexity index is 796. The molecule has 0 N–H and O–H groups in total. The average Bonchev–Trinajstić information content (AvgIpc) is 3.08. The molecule has 0 bridgehead atoms. The first-order valence-electron chi connectivity index (χ1n) is 7.51. The summed E-state index contributed by atoms with van der Waals surface area (Å²) in [5.74, 6) is -0.468. The van der Waals surface area contributed by atoms with Gasteiger partial charge >= 0.3 is 0 Å². The summed E-state index contributed by atoms with van der Waals surface area (Å²) >= 11 is 1.55. The van der Waals surface area contributed by atoms with Gasteiger partial charge in [0.25, 0.3) is 0 Å². The van der Waals surface area contributed by atoms with Crippen molar-refractivity contribution in [3.05, 3.63) is 52.5 Å². The number of nitrogens with zero attached hydrogens (tertiary/aromatic N) is 2. The number of carbonyl (C=O) groups is 1. The minimum Gasteiger partial charge on any atom is -0.340 e. The van der Waals surface area contributed by atoms with E-state index in [1.54, 1.807) is 16.2 Å². The molecule has 3 rings (SSSR count). The molecule has 1 amide bonds. The fraction of sp³-hybridized carbons (Fsp3) is 0.312. The van der Waals surface area contributed by atoms with Gasteiger partial charge in [0.1, 0.15) is 5.82 Å². The van der Waals surface area contributed by atoms with Crippen LogP contribution in [0.15, 0.2) is 46.0 Å². The Morgan fingerprint density at radius 1 is 1.08 bits per heavy atom. The van der Waals surface area contributed by atoms with Crippen LogP contribution < -0.4 is 0 Å². The average molecular weight is 368 g/mol. The molecule has 1 aliphatic heterocycles. The summed E-state index contributed by atoms with van der Waals surface area (Å²) in [4.78, 5) is 14.0. The van der Waals surface area contributed by atoms with Gasteiger partial charge in [-0.15, -0.1) is 0 Å². The van der Waals surface area contributed by atoms with Crippen molar-refractivity contribution in [2.75, 3.05) is 26.2 Å². The van der Waals surface area contributed by atoms with Gasteiger partial charge in [0.2, 0.25) is 15.9 Å². The highest BCUT2D eigenvalue weighted by Gasteiger charge is 2.30. The van der Waals surface area contributed by atoms with Gasteiger partial charge in [0.05, 0.1) is 11.3 Å². The van der Waals surface area contributed by atoms with Crippen molar-refractivity contribution in [3.8, 4) is 0 Å². The van der Waals surface area contributed by atoms with Crippen LogP contribution in [0.2, 0.25) is 0 Å². The Morgan fingerprint density at radius 2 is 1.75 bits per heavy atom. The molecule has 0 unspecified atom stereocenters. The van der Waals surface area contributed by atoms with Crippen LogP contribution in [-0.2, 0) is 21.2 Å². The predicted molar refractivity (Wildman–Crippen MR) is 89.8 cm³/mol. The summed E-state index contributed by atoms with van der Waals surface area (Å²) in [5.41, 5.74) is 0.978. The summed E-state index contributed by atoms with van der Waals surface area (Å²) in [5, 5.41) is 3.86. The zero-order valence-corrected chi connectivity index (χ0v) is 14.5. The molecule has 1 aliphatic rings. The number of hydrogen-bond donors (Lipinski definition) is 0.